The molecule has 0 fully saturated rings. The fraction of sp³-hybridized carbons (Fsp3) is 0.0769. The third-order valence-corrected chi connectivity index (χ3v) is 2.51. The van der Waals surface area contributed by atoms with E-state index in [0.717, 1.165) is 11.4 Å². The summed E-state index contributed by atoms with van der Waals surface area (Å²) in [5, 5.41) is 12.4. The topological polar surface area (TPSA) is 56.5 Å². The molecule has 0 unspecified atom stereocenters. The van der Waals surface area contributed by atoms with Crippen molar-refractivity contribution in [1.82, 2.24) is 25.2 Å². The zero-order chi connectivity index (χ0) is 12.2. The zero-order valence-electron chi connectivity index (χ0n) is 9.64. The summed E-state index contributed by atoms with van der Waals surface area (Å²) in [7, 11) is 0. The first-order valence-corrected chi connectivity index (χ1v) is 5.66. The minimum atomic E-state index is 0.591. The molecule has 3 aromatic rings. The van der Waals surface area contributed by atoms with Gasteiger partial charge in [-0.2, -0.15) is 0 Å². The fourth-order valence-corrected chi connectivity index (χ4v) is 1.65. The fourth-order valence-electron chi connectivity index (χ4n) is 1.65. The van der Waals surface area contributed by atoms with E-state index in [4.69, 9.17) is 0 Å². The quantitative estimate of drug-likeness (QED) is 0.695. The van der Waals surface area contributed by atoms with Gasteiger partial charge < -0.3 is 0 Å². The summed E-state index contributed by atoms with van der Waals surface area (Å²) in [6.45, 7) is 0. The van der Waals surface area contributed by atoms with E-state index in [1.54, 1.807) is 6.20 Å². The predicted octanol–water partition coefficient (Wildman–Crippen LogP) is 1.65. The van der Waals surface area contributed by atoms with Crippen molar-refractivity contribution in [3.63, 3.8) is 0 Å². The summed E-state index contributed by atoms with van der Waals surface area (Å²) in [4.78, 5) is 5.77. The van der Waals surface area contributed by atoms with Crippen LogP contribution in [0.2, 0.25) is 0 Å². The number of para-hydroxylation sites is 1. The number of pyridine rings is 1. The highest BCUT2D eigenvalue weighted by Crippen LogP contribution is 2.05. The van der Waals surface area contributed by atoms with Gasteiger partial charge in [0.1, 0.15) is 0 Å². The Hall–Kier alpha value is -2.56. The van der Waals surface area contributed by atoms with Gasteiger partial charge in [0.15, 0.2) is 5.82 Å². The van der Waals surface area contributed by atoms with Crippen molar-refractivity contribution in [2.45, 2.75) is 6.42 Å². The van der Waals surface area contributed by atoms with Gasteiger partial charge in [0.25, 0.3) is 0 Å². The normalized spacial score (nSPS) is 10.4. The number of rotatable bonds is 3. The molecule has 0 spiro atoms. The number of hydrogen-bond acceptors (Lipinski definition) is 4. The first-order valence-electron chi connectivity index (χ1n) is 5.66. The average Bonchev–Trinajstić information content (AvgIpc) is 2.89. The van der Waals surface area contributed by atoms with Crippen LogP contribution < -0.4 is 0 Å². The largest absolute Gasteiger partial charge is 0.261 e. The molecule has 0 bridgehead atoms. The Morgan fingerprint density at radius 1 is 0.944 bits per heavy atom. The highest BCUT2D eigenvalue weighted by Gasteiger charge is 2.05. The van der Waals surface area contributed by atoms with E-state index in [1.807, 2.05) is 48.5 Å². The molecular formula is C13H11N5. The minimum absolute atomic E-state index is 0.591. The van der Waals surface area contributed by atoms with E-state index in [-0.39, 0.29) is 0 Å². The van der Waals surface area contributed by atoms with Gasteiger partial charge in [-0.1, -0.05) is 24.3 Å². The van der Waals surface area contributed by atoms with E-state index in [1.165, 1.54) is 4.80 Å². The maximum absolute atomic E-state index is 4.33. The number of tetrazole rings is 1. The van der Waals surface area contributed by atoms with Crippen molar-refractivity contribution in [2.24, 2.45) is 0 Å². The maximum atomic E-state index is 4.33. The number of aromatic nitrogens is 5. The molecule has 88 valence electrons. The summed E-state index contributed by atoms with van der Waals surface area (Å²) in [5.74, 6) is 0.664. The highest BCUT2D eigenvalue weighted by molar-refractivity contribution is 5.28. The van der Waals surface area contributed by atoms with Gasteiger partial charge in [-0.3, -0.25) is 4.98 Å². The Balaban J connectivity index is 1.82. The summed E-state index contributed by atoms with van der Waals surface area (Å²) in [6, 6.07) is 15.5. The van der Waals surface area contributed by atoms with Gasteiger partial charge in [-0.05, 0) is 29.5 Å². The Bertz CT molecular complexity index is 618. The summed E-state index contributed by atoms with van der Waals surface area (Å²) in [6.07, 6.45) is 2.35. The van der Waals surface area contributed by atoms with Gasteiger partial charge in [0.05, 0.1) is 12.1 Å². The van der Waals surface area contributed by atoms with Crippen LogP contribution in [0.1, 0.15) is 11.5 Å². The number of hydrogen-bond donors (Lipinski definition) is 0. The van der Waals surface area contributed by atoms with Gasteiger partial charge in [-0.15, -0.1) is 15.0 Å². The molecule has 5 nitrogen and oxygen atoms in total. The molecule has 0 aliphatic heterocycles. The molecule has 0 amide bonds. The van der Waals surface area contributed by atoms with Gasteiger partial charge in [0.2, 0.25) is 0 Å². The zero-order valence-corrected chi connectivity index (χ0v) is 9.64. The second kappa shape index (κ2) is 4.75. The van der Waals surface area contributed by atoms with Crippen LogP contribution in [-0.4, -0.2) is 25.2 Å². The van der Waals surface area contributed by atoms with Crippen molar-refractivity contribution >= 4 is 0 Å². The smallest absolute Gasteiger partial charge is 0.181 e. The second-order valence-corrected chi connectivity index (χ2v) is 3.83. The summed E-state index contributed by atoms with van der Waals surface area (Å²) >= 11 is 0. The Kier molecular flexibility index (Phi) is 2.79. The minimum Gasteiger partial charge on any atom is -0.261 e. The molecule has 0 N–H and O–H groups in total. The lowest BCUT2D eigenvalue weighted by Crippen LogP contribution is -1.99. The van der Waals surface area contributed by atoms with Crippen LogP contribution in [0.4, 0.5) is 0 Å². The Labute approximate surface area is 104 Å². The number of nitrogens with zero attached hydrogens (tertiary/aromatic N) is 5. The van der Waals surface area contributed by atoms with E-state index < -0.39 is 0 Å². The number of benzene rings is 1. The van der Waals surface area contributed by atoms with Crippen LogP contribution in [0.15, 0.2) is 54.7 Å². The van der Waals surface area contributed by atoms with Crippen LogP contribution in [0.25, 0.3) is 5.69 Å². The van der Waals surface area contributed by atoms with Crippen LogP contribution in [0, 0.1) is 0 Å². The van der Waals surface area contributed by atoms with Gasteiger partial charge >= 0.3 is 0 Å². The van der Waals surface area contributed by atoms with Crippen LogP contribution in [-0.2, 0) is 6.42 Å². The van der Waals surface area contributed by atoms with Crippen molar-refractivity contribution in [3.05, 3.63) is 66.2 Å². The second-order valence-electron chi connectivity index (χ2n) is 3.83. The molecule has 3 rings (SSSR count). The average molecular weight is 237 g/mol. The lowest BCUT2D eigenvalue weighted by molar-refractivity contribution is 0.718. The van der Waals surface area contributed by atoms with Crippen molar-refractivity contribution < 1.29 is 0 Å². The maximum Gasteiger partial charge on any atom is 0.181 e. The van der Waals surface area contributed by atoms with Crippen molar-refractivity contribution in [1.29, 1.82) is 0 Å². The molecule has 0 atom stereocenters. The van der Waals surface area contributed by atoms with Crippen LogP contribution >= 0.6 is 0 Å². The monoisotopic (exact) mass is 237 g/mol. The molecule has 18 heavy (non-hydrogen) atoms. The molecule has 1 aromatic carbocycles. The van der Waals surface area contributed by atoms with Crippen LogP contribution in [0.5, 0.6) is 0 Å². The molecule has 2 heterocycles. The van der Waals surface area contributed by atoms with E-state index in [0.29, 0.717) is 12.2 Å². The SMILES string of the molecule is c1ccc(-n2nnc(Cc3ccccn3)n2)cc1. The van der Waals surface area contributed by atoms with E-state index >= 15 is 0 Å². The first-order chi connectivity index (χ1) is 8.92. The molecule has 0 aliphatic rings. The third kappa shape index (κ3) is 2.24. The lowest BCUT2D eigenvalue weighted by Gasteiger charge is -1.96. The predicted molar refractivity (Wildman–Crippen MR) is 66.2 cm³/mol. The lowest BCUT2D eigenvalue weighted by atomic mass is 10.3. The molecule has 0 radical (unpaired) electrons. The molecule has 0 saturated heterocycles. The third-order valence-electron chi connectivity index (χ3n) is 2.51. The summed E-state index contributed by atoms with van der Waals surface area (Å²) < 4.78 is 0. The first kappa shape index (κ1) is 10.6. The molecule has 2 aromatic heterocycles. The van der Waals surface area contributed by atoms with Gasteiger partial charge in [-0.25, -0.2) is 0 Å². The Morgan fingerprint density at radius 3 is 2.56 bits per heavy atom. The van der Waals surface area contributed by atoms with E-state index in [2.05, 4.69) is 20.4 Å². The van der Waals surface area contributed by atoms with Crippen molar-refractivity contribution in [3.8, 4) is 5.69 Å². The van der Waals surface area contributed by atoms with E-state index in [9.17, 15) is 0 Å². The Morgan fingerprint density at radius 2 is 1.78 bits per heavy atom. The summed E-state index contributed by atoms with van der Waals surface area (Å²) in [5.41, 5.74) is 1.84. The molecule has 0 aliphatic carbocycles. The molecule has 0 saturated carbocycles. The molecular weight excluding hydrogens is 226 g/mol. The van der Waals surface area contributed by atoms with Gasteiger partial charge in [0, 0.05) is 11.9 Å². The van der Waals surface area contributed by atoms with Crippen molar-refractivity contribution in [2.75, 3.05) is 0 Å². The molecule has 5 heteroatoms. The highest BCUT2D eigenvalue weighted by atomic mass is 15.6. The van der Waals surface area contributed by atoms with Crippen LogP contribution in [0.3, 0.4) is 0 Å². The standard InChI is InChI=1S/C13H11N5/c1-2-7-12(8-3-1)18-16-13(15-17-18)10-11-6-4-5-9-14-11/h1-9H,10H2.